The Morgan fingerprint density at radius 2 is 1.97 bits per heavy atom. The van der Waals surface area contributed by atoms with E-state index in [2.05, 4.69) is 4.98 Å². The quantitative estimate of drug-likeness (QED) is 0.303. The Bertz CT molecular complexity index is 1530. The Kier molecular flexibility index (Phi) is 5.50. The molecule has 0 aliphatic carbocycles. The topological polar surface area (TPSA) is 141 Å². The van der Waals surface area contributed by atoms with Crippen molar-refractivity contribution < 1.29 is 22.6 Å². The van der Waals surface area contributed by atoms with Crippen molar-refractivity contribution in [3.63, 3.8) is 0 Å². The molecule has 162 valence electrons. The van der Waals surface area contributed by atoms with Crippen LogP contribution in [0.25, 0.3) is 10.3 Å². The van der Waals surface area contributed by atoms with Crippen molar-refractivity contribution in [1.29, 1.82) is 0 Å². The molecular weight excluding hydrogens is 482 g/mol. The fourth-order valence-corrected chi connectivity index (χ4v) is 5.47. The van der Waals surface area contributed by atoms with Crippen molar-refractivity contribution in [2.75, 3.05) is 4.31 Å². The summed E-state index contributed by atoms with van der Waals surface area (Å²) in [6.45, 7) is 0. The molecule has 0 bridgehead atoms. The summed E-state index contributed by atoms with van der Waals surface area (Å²) >= 11 is 6.78. The van der Waals surface area contributed by atoms with Gasteiger partial charge < -0.3 is 4.42 Å². The summed E-state index contributed by atoms with van der Waals surface area (Å²) in [6.07, 6.45) is 2.58. The molecule has 2 aromatic carbocycles. The molecule has 0 aliphatic heterocycles. The van der Waals surface area contributed by atoms with Gasteiger partial charge in [0.15, 0.2) is 0 Å². The molecule has 0 N–H and O–H groups in total. The number of hydrogen-bond donors (Lipinski definition) is 0. The number of pyridine rings is 1. The molecule has 0 atom stereocenters. The molecule has 4 rings (SSSR count). The van der Waals surface area contributed by atoms with Gasteiger partial charge in [-0.15, -0.1) is 0 Å². The summed E-state index contributed by atoms with van der Waals surface area (Å²) in [5, 5.41) is 10.9. The molecule has 2 heterocycles. The number of nitro groups is 1. The second-order valence-electron chi connectivity index (χ2n) is 6.27. The minimum atomic E-state index is -4.73. The van der Waals surface area contributed by atoms with Gasteiger partial charge >= 0.3 is 4.94 Å². The van der Waals surface area contributed by atoms with E-state index in [-0.39, 0.29) is 21.9 Å². The number of rotatable bonds is 5. The van der Waals surface area contributed by atoms with E-state index >= 15 is 0 Å². The van der Waals surface area contributed by atoms with E-state index in [4.69, 9.17) is 16.0 Å². The van der Waals surface area contributed by atoms with E-state index in [9.17, 15) is 28.1 Å². The van der Waals surface area contributed by atoms with Crippen molar-refractivity contribution >= 4 is 60.5 Å². The third kappa shape index (κ3) is 3.86. The average molecular weight is 492 g/mol. The molecule has 10 nitrogen and oxygen atoms in total. The summed E-state index contributed by atoms with van der Waals surface area (Å²) in [6, 6.07) is 9.60. The number of non-ortho nitro benzene ring substituents is 1. The smallest absolute Gasteiger partial charge is 0.396 e. The van der Waals surface area contributed by atoms with E-state index in [1.807, 2.05) is 0 Å². The van der Waals surface area contributed by atoms with Gasteiger partial charge in [-0.2, -0.15) is 4.31 Å². The first-order valence-corrected chi connectivity index (χ1v) is 11.3. The van der Waals surface area contributed by atoms with Crippen LogP contribution in [0.15, 0.2) is 75.0 Å². The number of aromatic nitrogens is 1. The van der Waals surface area contributed by atoms with Crippen LogP contribution in [0.3, 0.4) is 0 Å². The molecule has 1 amide bonds. The highest BCUT2D eigenvalue weighted by Gasteiger charge is 2.35. The molecule has 13 heteroatoms. The zero-order valence-corrected chi connectivity index (χ0v) is 18.1. The van der Waals surface area contributed by atoms with Gasteiger partial charge in [0.1, 0.15) is 10.5 Å². The maximum absolute atomic E-state index is 13.6. The Morgan fingerprint density at radius 3 is 2.66 bits per heavy atom. The molecule has 0 saturated heterocycles. The fourth-order valence-electron chi connectivity index (χ4n) is 2.86. The van der Waals surface area contributed by atoms with Crippen molar-refractivity contribution in [3.8, 4) is 0 Å². The molecule has 0 spiro atoms. The highest BCUT2D eigenvalue weighted by Crippen LogP contribution is 2.34. The van der Waals surface area contributed by atoms with Crippen LogP contribution in [-0.2, 0) is 10.0 Å². The van der Waals surface area contributed by atoms with Gasteiger partial charge in [0, 0.05) is 24.5 Å². The third-order valence-electron chi connectivity index (χ3n) is 4.29. The predicted octanol–water partition coefficient (Wildman–Crippen LogP) is 3.85. The Morgan fingerprint density at radius 1 is 1.19 bits per heavy atom. The summed E-state index contributed by atoms with van der Waals surface area (Å²) in [7, 11) is -4.73. The third-order valence-corrected chi connectivity index (χ3v) is 7.27. The van der Waals surface area contributed by atoms with Gasteiger partial charge in [0.05, 0.1) is 25.9 Å². The number of hydrogen-bond acceptors (Lipinski definition) is 9. The fraction of sp³-hybridized carbons (Fsp3) is 0. The van der Waals surface area contributed by atoms with E-state index < -0.39 is 36.4 Å². The number of nitro benzene ring substituents is 1. The number of nitrogens with zero attached hydrogens (tertiary/aromatic N) is 3. The highest BCUT2D eigenvalue weighted by molar-refractivity contribution is 7.93. The molecule has 2 aromatic heterocycles. The number of carbonyl (C=O) groups is 1. The van der Waals surface area contributed by atoms with Crippen LogP contribution in [0.2, 0.25) is 5.02 Å². The monoisotopic (exact) mass is 491 g/mol. The zero-order valence-electron chi connectivity index (χ0n) is 15.7. The lowest BCUT2D eigenvalue weighted by atomic mass is 10.2. The van der Waals surface area contributed by atoms with Crippen LogP contribution >= 0.6 is 22.9 Å². The van der Waals surface area contributed by atoms with Gasteiger partial charge in [0.2, 0.25) is 0 Å². The average Bonchev–Trinajstić information content (AvgIpc) is 3.13. The lowest BCUT2D eigenvalue weighted by Gasteiger charge is -2.23. The van der Waals surface area contributed by atoms with Crippen molar-refractivity contribution in [1.82, 2.24) is 4.98 Å². The van der Waals surface area contributed by atoms with Crippen molar-refractivity contribution in [2.24, 2.45) is 0 Å². The number of anilines is 1. The summed E-state index contributed by atoms with van der Waals surface area (Å²) in [5.74, 6) is -0.976. The molecule has 0 fully saturated rings. The second kappa shape index (κ2) is 8.15. The molecular formula is C19H10ClN3O7S2. The van der Waals surface area contributed by atoms with E-state index in [1.165, 1.54) is 42.7 Å². The Balaban J connectivity index is 1.96. The van der Waals surface area contributed by atoms with E-state index in [0.717, 1.165) is 29.5 Å². The number of amides is 1. The number of carbonyl (C=O) groups excluding carboxylic acids is 1. The standard InChI is InChI=1S/C19H10ClN3O7S2/c20-14-5-3-13(23(26)27)9-17(14)32(28,29)22(18(24)11-2-1-7-21-10-11)12-4-6-15-16(8-12)31-19(25)30-15/h1-10H. The van der Waals surface area contributed by atoms with Crippen LogP contribution in [0.5, 0.6) is 0 Å². The molecule has 0 saturated carbocycles. The van der Waals surface area contributed by atoms with E-state index in [1.54, 1.807) is 0 Å². The first-order chi connectivity index (χ1) is 15.2. The van der Waals surface area contributed by atoms with Crippen molar-refractivity contribution in [3.05, 3.63) is 91.4 Å². The minimum Gasteiger partial charge on any atom is -0.414 e. The highest BCUT2D eigenvalue weighted by atomic mass is 35.5. The first kappa shape index (κ1) is 21.6. The molecule has 4 aromatic rings. The van der Waals surface area contributed by atoms with Gasteiger partial charge in [-0.3, -0.25) is 19.9 Å². The molecule has 0 unspecified atom stereocenters. The van der Waals surface area contributed by atoms with Crippen molar-refractivity contribution in [2.45, 2.75) is 4.90 Å². The van der Waals surface area contributed by atoms with E-state index in [0.29, 0.717) is 9.01 Å². The van der Waals surface area contributed by atoms with Gasteiger partial charge in [0.25, 0.3) is 21.6 Å². The Labute approximate surface area is 188 Å². The van der Waals surface area contributed by atoms with Crippen LogP contribution in [0, 0.1) is 10.1 Å². The normalized spacial score (nSPS) is 11.4. The SMILES string of the molecule is O=C(c1cccnc1)N(c1ccc2oc(=O)sc2c1)S(=O)(=O)c1cc([N+](=O)[O-])ccc1Cl. The molecule has 0 radical (unpaired) electrons. The largest absolute Gasteiger partial charge is 0.414 e. The van der Waals surface area contributed by atoms with Crippen LogP contribution < -0.4 is 9.24 Å². The maximum atomic E-state index is 13.6. The number of sulfonamides is 1. The molecule has 0 aliphatic rings. The van der Waals surface area contributed by atoms with Gasteiger partial charge in [-0.1, -0.05) is 22.9 Å². The summed E-state index contributed by atoms with van der Waals surface area (Å²) in [4.78, 5) is 37.8. The van der Waals surface area contributed by atoms with Gasteiger partial charge in [-0.25, -0.2) is 13.2 Å². The number of fused-ring (bicyclic) bond motifs is 1. The van der Waals surface area contributed by atoms with Gasteiger partial charge in [-0.05, 0) is 36.4 Å². The maximum Gasteiger partial charge on any atom is 0.396 e. The van der Waals surface area contributed by atoms with Crippen LogP contribution in [0.1, 0.15) is 10.4 Å². The number of halogens is 1. The lowest BCUT2D eigenvalue weighted by molar-refractivity contribution is -0.385. The summed E-state index contributed by atoms with van der Waals surface area (Å²) in [5.41, 5.74) is -0.488. The van der Waals surface area contributed by atoms with Crippen LogP contribution in [0.4, 0.5) is 11.4 Å². The predicted molar refractivity (Wildman–Crippen MR) is 117 cm³/mol. The number of benzene rings is 2. The Hall–Kier alpha value is -3.61. The second-order valence-corrected chi connectivity index (χ2v) is 9.41. The first-order valence-electron chi connectivity index (χ1n) is 8.66. The molecule has 32 heavy (non-hydrogen) atoms. The summed E-state index contributed by atoms with van der Waals surface area (Å²) < 4.78 is 32.9. The lowest BCUT2D eigenvalue weighted by Crippen LogP contribution is -2.37. The van der Waals surface area contributed by atoms with Crippen LogP contribution in [-0.4, -0.2) is 24.2 Å². The minimum absolute atomic E-state index is 0.0573. The zero-order chi connectivity index (χ0) is 23.0.